The Bertz CT molecular complexity index is 1040. The summed E-state index contributed by atoms with van der Waals surface area (Å²) < 4.78 is 0. The summed E-state index contributed by atoms with van der Waals surface area (Å²) in [4.78, 5) is 51.7. The van der Waals surface area contributed by atoms with Crippen LogP contribution in [0.1, 0.15) is 72.0 Å². The van der Waals surface area contributed by atoms with Crippen molar-refractivity contribution in [2.75, 3.05) is 5.32 Å². The van der Waals surface area contributed by atoms with Gasteiger partial charge in [0.25, 0.3) is 11.5 Å². The normalized spacial score (nSPS) is 14.7. The van der Waals surface area contributed by atoms with Gasteiger partial charge in [0, 0.05) is 36.3 Å². The molecule has 2 aromatic rings. The molecular formula is C23H27N3O4. The summed E-state index contributed by atoms with van der Waals surface area (Å²) in [6, 6.07) is 8.53. The van der Waals surface area contributed by atoms with E-state index in [0.29, 0.717) is 36.2 Å². The molecule has 0 aliphatic heterocycles. The van der Waals surface area contributed by atoms with Crippen LogP contribution in [0.3, 0.4) is 0 Å². The van der Waals surface area contributed by atoms with Crippen LogP contribution in [0.25, 0.3) is 0 Å². The van der Waals surface area contributed by atoms with Crippen LogP contribution in [-0.2, 0) is 17.8 Å². The zero-order chi connectivity index (χ0) is 21.9. The summed E-state index contributed by atoms with van der Waals surface area (Å²) in [7, 11) is 0. The van der Waals surface area contributed by atoms with Gasteiger partial charge in [-0.3, -0.25) is 19.2 Å². The lowest BCUT2D eigenvalue weighted by molar-refractivity contribution is -0.116. The number of hydrogen-bond acceptors (Lipinski definition) is 4. The Morgan fingerprint density at radius 2 is 1.80 bits per heavy atom. The molecule has 30 heavy (non-hydrogen) atoms. The number of rotatable bonds is 6. The van der Waals surface area contributed by atoms with Gasteiger partial charge in [-0.05, 0) is 42.0 Å². The summed E-state index contributed by atoms with van der Waals surface area (Å²) in [5.74, 6) is -0.632. The maximum absolute atomic E-state index is 12.5. The van der Waals surface area contributed by atoms with E-state index in [1.165, 1.54) is 6.07 Å². The number of Topliss-reactive ketones (excluding diaryl/α,β-unsaturated/α-hetero) is 1. The smallest absolute Gasteiger partial charge is 0.261 e. The molecule has 3 rings (SSSR count). The van der Waals surface area contributed by atoms with Gasteiger partial charge in [-0.1, -0.05) is 32.9 Å². The van der Waals surface area contributed by atoms with Gasteiger partial charge >= 0.3 is 0 Å². The number of aromatic amines is 1. The van der Waals surface area contributed by atoms with Crippen molar-refractivity contribution in [3.8, 4) is 0 Å². The Morgan fingerprint density at radius 3 is 2.47 bits per heavy atom. The second-order valence-electron chi connectivity index (χ2n) is 8.52. The number of pyridine rings is 1. The molecule has 0 radical (unpaired) electrons. The summed E-state index contributed by atoms with van der Waals surface area (Å²) >= 11 is 0. The number of hydrogen-bond donors (Lipinski definition) is 3. The van der Waals surface area contributed by atoms with E-state index >= 15 is 0 Å². The van der Waals surface area contributed by atoms with Gasteiger partial charge in [-0.15, -0.1) is 0 Å². The van der Waals surface area contributed by atoms with Crippen molar-refractivity contribution in [1.29, 1.82) is 0 Å². The van der Waals surface area contributed by atoms with E-state index in [2.05, 4.69) is 15.6 Å². The zero-order valence-corrected chi connectivity index (χ0v) is 17.6. The predicted molar refractivity (Wildman–Crippen MR) is 115 cm³/mol. The van der Waals surface area contributed by atoms with Crippen LogP contribution in [-0.4, -0.2) is 22.6 Å². The van der Waals surface area contributed by atoms with Crippen LogP contribution >= 0.6 is 0 Å². The number of aromatic nitrogens is 1. The molecule has 1 aliphatic carbocycles. The van der Waals surface area contributed by atoms with Crippen molar-refractivity contribution < 1.29 is 14.4 Å². The number of carbonyl (C=O) groups is 3. The van der Waals surface area contributed by atoms with Gasteiger partial charge in [0.15, 0.2) is 5.78 Å². The molecular weight excluding hydrogens is 382 g/mol. The maximum atomic E-state index is 12.5. The predicted octanol–water partition coefficient (Wildman–Crippen LogP) is 3.20. The second-order valence-corrected chi connectivity index (χ2v) is 8.52. The molecule has 7 heteroatoms. The Kier molecular flexibility index (Phi) is 6.20. The summed E-state index contributed by atoms with van der Waals surface area (Å²) in [5, 5.41) is 5.52. The van der Waals surface area contributed by atoms with Crippen molar-refractivity contribution in [1.82, 2.24) is 10.3 Å². The van der Waals surface area contributed by atoms with E-state index in [1.807, 2.05) is 20.8 Å². The third-order valence-electron chi connectivity index (χ3n) is 5.13. The Morgan fingerprint density at radius 1 is 1.10 bits per heavy atom. The van der Waals surface area contributed by atoms with Gasteiger partial charge < -0.3 is 15.6 Å². The SMILES string of the molecule is CCCC(=O)Nc1ccc(CNC(=O)c2cc3c([nH]c2=O)CC(C)(C)CC3=O)cc1. The fourth-order valence-electron chi connectivity index (χ4n) is 3.63. The molecule has 0 spiro atoms. The van der Waals surface area contributed by atoms with Gasteiger partial charge in [-0.2, -0.15) is 0 Å². The number of H-pyrrole nitrogens is 1. The molecule has 7 nitrogen and oxygen atoms in total. The first-order valence-electron chi connectivity index (χ1n) is 10.1. The number of benzene rings is 1. The highest BCUT2D eigenvalue weighted by molar-refractivity contribution is 6.02. The van der Waals surface area contributed by atoms with Crippen molar-refractivity contribution in [2.24, 2.45) is 5.41 Å². The molecule has 2 amide bonds. The molecule has 0 unspecified atom stereocenters. The number of nitrogens with one attached hydrogen (secondary N) is 3. The molecule has 1 heterocycles. The van der Waals surface area contributed by atoms with Crippen LogP contribution in [0.4, 0.5) is 5.69 Å². The first-order valence-corrected chi connectivity index (χ1v) is 10.1. The number of fused-ring (bicyclic) bond motifs is 1. The van der Waals surface area contributed by atoms with Gasteiger partial charge in [0.1, 0.15) is 5.56 Å². The average molecular weight is 409 g/mol. The largest absolute Gasteiger partial charge is 0.348 e. The monoisotopic (exact) mass is 409 g/mol. The standard InChI is InChI=1S/C23H27N3O4/c1-4-5-20(28)25-15-8-6-14(7-9-15)13-24-21(29)17-10-16-18(26-22(17)30)11-23(2,3)12-19(16)27/h6-10H,4-5,11-13H2,1-3H3,(H,24,29)(H,25,28)(H,26,30). The Balaban J connectivity index is 1.67. The highest BCUT2D eigenvalue weighted by Crippen LogP contribution is 2.33. The molecule has 1 aromatic carbocycles. The van der Waals surface area contributed by atoms with Crippen LogP contribution in [0, 0.1) is 5.41 Å². The minimum absolute atomic E-state index is 0.0388. The van der Waals surface area contributed by atoms with Gasteiger partial charge in [0.05, 0.1) is 0 Å². The molecule has 158 valence electrons. The number of amides is 2. The van der Waals surface area contributed by atoms with E-state index in [1.54, 1.807) is 24.3 Å². The van der Waals surface area contributed by atoms with E-state index in [9.17, 15) is 19.2 Å². The molecule has 1 aromatic heterocycles. The third kappa shape index (κ3) is 5.03. The van der Waals surface area contributed by atoms with Crippen LogP contribution in [0.5, 0.6) is 0 Å². The van der Waals surface area contributed by atoms with Crippen molar-refractivity contribution in [3.05, 3.63) is 63.1 Å². The minimum Gasteiger partial charge on any atom is -0.348 e. The quantitative estimate of drug-likeness (QED) is 0.681. The first-order chi connectivity index (χ1) is 14.2. The Hall–Kier alpha value is -3.22. The van der Waals surface area contributed by atoms with E-state index in [4.69, 9.17) is 0 Å². The van der Waals surface area contributed by atoms with Crippen molar-refractivity contribution in [2.45, 2.75) is 53.0 Å². The molecule has 0 fully saturated rings. The van der Waals surface area contributed by atoms with Crippen LogP contribution < -0.4 is 16.2 Å². The molecule has 0 saturated heterocycles. The number of anilines is 1. The maximum Gasteiger partial charge on any atom is 0.261 e. The van der Waals surface area contributed by atoms with E-state index < -0.39 is 11.5 Å². The minimum atomic E-state index is -0.531. The molecule has 0 atom stereocenters. The lowest BCUT2D eigenvalue weighted by Gasteiger charge is -2.29. The number of ketones is 1. The first kappa shape index (κ1) is 21.5. The molecule has 0 saturated carbocycles. The Labute approximate surface area is 175 Å². The van der Waals surface area contributed by atoms with Crippen molar-refractivity contribution >= 4 is 23.3 Å². The highest BCUT2D eigenvalue weighted by Gasteiger charge is 2.32. The average Bonchev–Trinajstić information content (AvgIpc) is 2.66. The highest BCUT2D eigenvalue weighted by atomic mass is 16.2. The van der Waals surface area contributed by atoms with Gasteiger partial charge in [-0.25, -0.2) is 0 Å². The zero-order valence-electron chi connectivity index (χ0n) is 17.6. The fraction of sp³-hybridized carbons (Fsp3) is 0.391. The number of carbonyl (C=O) groups excluding carboxylic acids is 3. The van der Waals surface area contributed by atoms with Gasteiger partial charge in [0.2, 0.25) is 5.91 Å². The third-order valence-corrected chi connectivity index (χ3v) is 5.13. The summed E-state index contributed by atoms with van der Waals surface area (Å²) in [5.41, 5.74) is 1.76. The lowest BCUT2D eigenvalue weighted by atomic mass is 9.75. The van der Waals surface area contributed by atoms with Crippen LogP contribution in [0.15, 0.2) is 35.1 Å². The molecule has 0 bridgehead atoms. The van der Waals surface area contributed by atoms with E-state index in [-0.39, 0.29) is 29.2 Å². The van der Waals surface area contributed by atoms with E-state index in [0.717, 1.165) is 12.0 Å². The second kappa shape index (κ2) is 8.65. The summed E-state index contributed by atoms with van der Waals surface area (Å²) in [6.07, 6.45) is 2.22. The summed E-state index contributed by atoms with van der Waals surface area (Å²) in [6.45, 7) is 6.12. The lowest BCUT2D eigenvalue weighted by Crippen LogP contribution is -2.34. The molecule has 1 aliphatic rings. The van der Waals surface area contributed by atoms with Crippen molar-refractivity contribution in [3.63, 3.8) is 0 Å². The molecule has 3 N–H and O–H groups in total. The fourth-order valence-corrected chi connectivity index (χ4v) is 3.63. The van der Waals surface area contributed by atoms with Crippen LogP contribution in [0.2, 0.25) is 0 Å². The topological polar surface area (TPSA) is 108 Å².